The van der Waals surface area contributed by atoms with E-state index in [1.807, 2.05) is 36.4 Å². The van der Waals surface area contributed by atoms with Crippen LogP contribution >= 0.6 is 0 Å². The summed E-state index contributed by atoms with van der Waals surface area (Å²) >= 11 is 0. The third-order valence-electron chi connectivity index (χ3n) is 3.83. The molecule has 0 radical (unpaired) electrons. The fraction of sp³-hybridized carbons (Fsp3) is 0.333. The maximum Gasteiger partial charge on any atom is 0.152 e. The van der Waals surface area contributed by atoms with E-state index in [1.165, 1.54) is 5.56 Å². The van der Waals surface area contributed by atoms with E-state index in [1.54, 1.807) is 0 Å². The van der Waals surface area contributed by atoms with E-state index in [0.717, 1.165) is 29.9 Å². The molecule has 0 saturated heterocycles. The highest BCUT2D eigenvalue weighted by atomic mass is 16.5. The quantitative estimate of drug-likeness (QED) is 0.934. The number of hydrogen-bond donors (Lipinski definition) is 1. The Balaban J connectivity index is 1.71. The summed E-state index contributed by atoms with van der Waals surface area (Å²) in [7, 11) is 0. The highest BCUT2D eigenvalue weighted by molar-refractivity contribution is 5.38. The first-order chi connectivity index (χ1) is 10.3. The van der Waals surface area contributed by atoms with Crippen molar-refractivity contribution in [3.05, 3.63) is 59.7 Å². The molecule has 0 amide bonds. The van der Waals surface area contributed by atoms with Gasteiger partial charge in [0.2, 0.25) is 0 Å². The molecular weight excluding hydrogens is 262 g/mol. The van der Waals surface area contributed by atoms with Crippen LogP contribution in [0.4, 0.5) is 0 Å². The van der Waals surface area contributed by atoms with Crippen LogP contribution in [-0.2, 0) is 6.42 Å². The van der Waals surface area contributed by atoms with Gasteiger partial charge in [-0.3, -0.25) is 0 Å². The van der Waals surface area contributed by atoms with Crippen molar-refractivity contribution in [2.45, 2.75) is 31.9 Å². The van der Waals surface area contributed by atoms with Crippen molar-refractivity contribution >= 4 is 0 Å². The van der Waals surface area contributed by atoms with Gasteiger partial charge in [0.05, 0.1) is 6.04 Å². The maximum atomic E-state index is 6.31. The topological polar surface area (TPSA) is 44.5 Å². The second-order valence-electron chi connectivity index (χ2n) is 5.42. The Labute approximate surface area is 125 Å². The summed E-state index contributed by atoms with van der Waals surface area (Å²) in [5.74, 6) is 1.71. The number of ether oxygens (including phenoxy) is 2. The van der Waals surface area contributed by atoms with Crippen molar-refractivity contribution in [2.24, 2.45) is 5.73 Å². The lowest BCUT2D eigenvalue weighted by Gasteiger charge is -2.31. The van der Waals surface area contributed by atoms with Crippen molar-refractivity contribution in [1.29, 1.82) is 0 Å². The number of nitrogens with two attached hydrogens (primary N) is 1. The molecular formula is C18H21NO2. The van der Waals surface area contributed by atoms with Gasteiger partial charge < -0.3 is 15.2 Å². The second-order valence-corrected chi connectivity index (χ2v) is 5.42. The number of rotatable bonds is 4. The molecule has 2 unspecified atom stereocenters. The summed E-state index contributed by atoms with van der Waals surface area (Å²) in [4.78, 5) is 0. The summed E-state index contributed by atoms with van der Waals surface area (Å²) in [5.41, 5.74) is 8.65. The Hall–Kier alpha value is -2.00. The largest absolute Gasteiger partial charge is 0.489 e. The SMILES string of the molecule is CCCc1ccc(OC2COc3ccccc3C2N)cc1. The van der Waals surface area contributed by atoms with Gasteiger partial charge in [0.25, 0.3) is 0 Å². The summed E-state index contributed by atoms with van der Waals surface area (Å²) in [5, 5.41) is 0. The predicted molar refractivity (Wildman–Crippen MR) is 83.7 cm³/mol. The van der Waals surface area contributed by atoms with Gasteiger partial charge >= 0.3 is 0 Å². The van der Waals surface area contributed by atoms with E-state index in [4.69, 9.17) is 15.2 Å². The monoisotopic (exact) mass is 283 g/mol. The van der Waals surface area contributed by atoms with E-state index >= 15 is 0 Å². The van der Waals surface area contributed by atoms with Crippen LogP contribution in [0.1, 0.15) is 30.5 Å². The maximum absolute atomic E-state index is 6.31. The number of aryl methyl sites for hydroxylation is 1. The predicted octanol–water partition coefficient (Wildman–Crippen LogP) is 3.48. The van der Waals surface area contributed by atoms with Crippen LogP contribution < -0.4 is 15.2 Å². The summed E-state index contributed by atoms with van der Waals surface area (Å²) in [6, 6.07) is 16.0. The van der Waals surface area contributed by atoms with Crippen LogP contribution in [0.3, 0.4) is 0 Å². The summed E-state index contributed by atoms with van der Waals surface area (Å²) < 4.78 is 11.7. The third kappa shape index (κ3) is 3.03. The average molecular weight is 283 g/mol. The minimum atomic E-state index is -0.162. The standard InChI is InChI=1S/C18H21NO2/c1-2-5-13-8-10-14(11-9-13)21-17-12-20-16-7-4-3-6-15(16)18(17)19/h3-4,6-11,17-18H,2,5,12,19H2,1H3. The highest BCUT2D eigenvalue weighted by Gasteiger charge is 2.29. The molecule has 3 heteroatoms. The lowest BCUT2D eigenvalue weighted by Crippen LogP contribution is -2.40. The fourth-order valence-corrected chi connectivity index (χ4v) is 2.67. The molecule has 0 aromatic heterocycles. The molecule has 0 bridgehead atoms. The Kier molecular flexibility index (Phi) is 4.11. The van der Waals surface area contributed by atoms with Crippen LogP contribution in [0.25, 0.3) is 0 Å². The average Bonchev–Trinajstić information content (AvgIpc) is 2.52. The molecule has 2 N–H and O–H groups in total. The van der Waals surface area contributed by atoms with E-state index in [2.05, 4.69) is 19.1 Å². The molecule has 3 nitrogen and oxygen atoms in total. The van der Waals surface area contributed by atoms with Crippen molar-refractivity contribution in [2.75, 3.05) is 6.61 Å². The van der Waals surface area contributed by atoms with Crippen LogP contribution in [0.2, 0.25) is 0 Å². The molecule has 2 atom stereocenters. The van der Waals surface area contributed by atoms with Gasteiger partial charge in [-0.05, 0) is 30.2 Å². The van der Waals surface area contributed by atoms with Crippen molar-refractivity contribution < 1.29 is 9.47 Å². The molecule has 0 saturated carbocycles. The summed E-state index contributed by atoms with van der Waals surface area (Å²) in [6.45, 7) is 2.66. The normalized spacial score (nSPS) is 20.5. The Morgan fingerprint density at radius 3 is 2.67 bits per heavy atom. The Bertz CT molecular complexity index is 594. The van der Waals surface area contributed by atoms with Gasteiger partial charge in [0, 0.05) is 5.56 Å². The van der Waals surface area contributed by atoms with Crippen LogP contribution in [0.5, 0.6) is 11.5 Å². The van der Waals surface area contributed by atoms with Crippen molar-refractivity contribution in [1.82, 2.24) is 0 Å². The van der Waals surface area contributed by atoms with E-state index in [9.17, 15) is 0 Å². The molecule has 2 aromatic carbocycles. The second kappa shape index (κ2) is 6.19. The smallest absolute Gasteiger partial charge is 0.152 e. The fourth-order valence-electron chi connectivity index (χ4n) is 2.67. The molecule has 110 valence electrons. The molecule has 0 fully saturated rings. The molecule has 21 heavy (non-hydrogen) atoms. The van der Waals surface area contributed by atoms with Gasteiger partial charge in [0.1, 0.15) is 18.1 Å². The van der Waals surface area contributed by atoms with Crippen molar-refractivity contribution in [3.8, 4) is 11.5 Å². The lowest BCUT2D eigenvalue weighted by atomic mass is 9.99. The molecule has 1 heterocycles. The third-order valence-corrected chi connectivity index (χ3v) is 3.83. The molecule has 1 aliphatic rings. The van der Waals surface area contributed by atoms with E-state index in [-0.39, 0.29) is 12.1 Å². The first-order valence-electron chi connectivity index (χ1n) is 7.51. The molecule has 0 aliphatic carbocycles. The zero-order valence-electron chi connectivity index (χ0n) is 12.3. The molecule has 3 rings (SSSR count). The van der Waals surface area contributed by atoms with Crippen molar-refractivity contribution in [3.63, 3.8) is 0 Å². The zero-order chi connectivity index (χ0) is 14.7. The van der Waals surface area contributed by atoms with Gasteiger partial charge in [-0.25, -0.2) is 0 Å². The van der Waals surface area contributed by atoms with Crippen LogP contribution in [0, 0.1) is 0 Å². The van der Waals surface area contributed by atoms with Gasteiger partial charge in [0.15, 0.2) is 6.10 Å². The summed E-state index contributed by atoms with van der Waals surface area (Å²) in [6.07, 6.45) is 2.09. The Morgan fingerprint density at radius 1 is 1.14 bits per heavy atom. The first-order valence-corrected chi connectivity index (χ1v) is 7.51. The zero-order valence-corrected chi connectivity index (χ0v) is 12.3. The van der Waals surface area contributed by atoms with Gasteiger partial charge in [-0.2, -0.15) is 0 Å². The number of hydrogen-bond acceptors (Lipinski definition) is 3. The highest BCUT2D eigenvalue weighted by Crippen LogP contribution is 2.32. The first kappa shape index (κ1) is 14.0. The van der Waals surface area contributed by atoms with E-state index < -0.39 is 0 Å². The minimum absolute atomic E-state index is 0.156. The van der Waals surface area contributed by atoms with Gasteiger partial charge in [-0.1, -0.05) is 43.7 Å². The Morgan fingerprint density at radius 2 is 1.90 bits per heavy atom. The van der Waals surface area contributed by atoms with Crippen LogP contribution in [0.15, 0.2) is 48.5 Å². The number of fused-ring (bicyclic) bond motifs is 1. The number of benzene rings is 2. The minimum Gasteiger partial charge on any atom is -0.489 e. The lowest BCUT2D eigenvalue weighted by molar-refractivity contribution is 0.0878. The molecule has 0 spiro atoms. The van der Waals surface area contributed by atoms with E-state index in [0.29, 0.717) is 6.61 Å². The number of para-hydroxylation sites is 1. The molecule has 1 aliphatic heterocycles. The van der Waals surface area contributed by atoms with Gasteiger partial charge in [-0.15, -0.1) is 0 Å². The van der Waals surface area contributed by atoms with Crippen LogP contribution in [-0.4, -0.2) is 12.7 Å². The molecule has 2 aromatic rings.